The van der Waals surface area contributed by atoms with Gasteiger partial charge in [0.2, 0.25) is 0 Å². The van der Waals surface area contributed by atoms with Crippen LogP contribution in [0.2, 0.25) is 5.02 Å². The van der Waals surface area contributed by atoms with Crippen molar-refractivity contribution < 1.29 is 9.50 Å². The maximum Gasteiger partial charge on any atom is 0.150 e. The zero-order valence-corrected chi connectivity index (χ0v) is 11.4. The average Bonchev–Trinajstić information content (AvgIpc) is 2.82. The van der Waals surface area contributed by atoms with Gasteiger partial charge in [-0.2, -0.15) is 5.10 Å². The zero-order chi connectivity index (χ0) is 13.8. The normalized spacial score (nSPS) is 12.4. The molecule has 1 unspecified atom stereocenters. The standard InChI is InChI=1S/C12H12Cl2FN3O/c13-4-10(19)6-16-9-1-2-12(11(15)3-9)18-7-8(14)5-17-18/h1-3,5,7,10,16,19H,4,6H2. The summed E-state index contributed by atoms with van der Waals surface area (Å²) in [7, 11) is 0. The second-order valence-electron chi connectivity index (χ2n) is 3.96. The van der Waals surface area contributed by atoms with Gasteiger partial charge < -0.3 is 10.4 Å². The summed E-state index contributed by atoms with van der Waals surface area (Å²) < 4.78 is 15.3. The van der Waals surface area contributed by atoms with E-state index >= 15 is 0 Å². The number of aliphatic hydroxyl groups excluding tert-OH is 1. The predicted molar refractivity (Wildman–Crippen MR) is 73.7 cm³/mol. The first-order valence-electron chi connectivity index (χ1n) is 5.58. The third-order valence-electron chi connectivity index (χ3n) is 2.47. The Labute approximate surface area is 119 Å². The molecule has 0 spiro atoms. The minimum atomic E-state index is -0.672. The number of nitrogens with zero attached hydrogens (tertiary/aromatic N) is 2. The van der Waals surface area contributed by atoms with Gasteiger partial charge in [0.15, 0.2) is 5.82 Å². The molecule has 0 amide bonds. The minimum Gasteiger partial charge on any atom is -0.390 e. The monoisotopic (exact) mass is 303 g/mol. The summed E-state index contributed by atoms with van der Waals surface area (Å²) in [4.78, 5) is 0. The van der Waals surface area contributed by atoms with Gasteiger partial charge in [0, 0.05) is 18.4 Å². The van der Waals surface area contributed by atoms with Crippen LogP contribution in [0.25, 0.3) is 5.69 Å². The fraction of sp³-hybridized carbons (Fsp3) is 0.250. The number of alkyl halides is 1. The van der Waals surface area contributed by atoms with Gasteiger partial charge in [-0.3, -0.25) is 0 Å². The first-order chi connectivity index (χ1) is 9.10. The van der Waals surface area contributed by atoms with E-state index in [0.29, 0.717) is 16.4 Å². The molecule has 2 rings (SSSR count). The molecule has 0 saturated carbocycles. The van der Waals surface area contributed by atoms with E-state index < -0.39 is 11.9 Å². The van der Waals surface area contributed by atoms with Gasteiger partial charge in [-0.15, -0.1) is 11.6 Å². The quantitative estimate of drug-likeness (QED) is 0.835. The summed E-state index contributed by atoms with van der Waals surface area (Å²) in [5, 5.41) is 16.6. The molecular weight excluding hydrogens is 292 g/mol. The molecule has 2 N–H and O–H groups in total. The van der Waals surface area contributed by atoms with Gasteiger partial charge >= 0.3 is 0 Å². The molecule has 0 bridgehead atoms. The van der Waals surface area contributed by atoms with Crippen LogP contribution < -0.4 is 5.32 Å². The Balaban J connectivity index is 2.13. The summed E-state index contributed by atoms with van der Waals surface area (Å²) in [6.45, 7) is 0.260. The van der Waals surface area contributed by atoms with Crippen LogP contribution in [0.1, 0.15) is 0 Å². The average molecular weight is 304 g/mol. The van der Waals surface area contributed by atoms with Crippen LogP contribution in [0, 0.1) is 5.82 Å². The third-order valence-corrected chi connectivity index (χ3v) is 3.02. The van der Waals surface area contributed by atoms with Gasteiger partial charge in [0.05, 0.1) is 23.2 Å². The highest BCUT2D eigenvalue weighted by Crippen LogP contribution is 2.19. The van der Waals surface area contributed by atoms with Crippen molar-refractivity contribution in [1.29, 1.82) is 0 Å². The second kappa shape index (κ2) is 6.23. The van der Waals surface area contributed by atoms with Gasteiger partial charge in [-0.25, -0.2) is 9.07 Å². The maximum absolute atomic E-state index is 13.9. The van der Waals surface area contributed by atoms with Crippen molar-refractivity contribution in [1.82, 2.24) is 9.78 Å². The smallest absolute Gasteiger partial charge is 0.150 e. The summed E-state index contributed by atoms with van der Waals surface area (Å²) in [6.07, 6.45) is 2.28. The number of benzene rings is 1. The molecule has 4 nitrogen and oxygen atoms in total. The summed E-state index contributed by atoms with van der Waals surface area (Å²) in [5.74, 6) is -0.315. The molecule has 0 aliphatic rings. The van der Waals surface area contributed by atoms with Crippen molar-refractivity contribution in [2.75, 3.05) is 17.7 Å². The fourth-order valence-corrected chi connectivity index (χ4v) is 1.77. The van der Waals surface area contributed by atoms with Crippen LogP contribution in [0.15, 0.2) is 30.6 Å². The third kappa shape index (κ3) is 3.59. The van der Waals surface area contributed by atoms with Crippen LogP contribution >= 0.6 is 23.2 Å². The highest BCUT2D eigenvalue weighted by atomic mass is 35.5. The van der Waals surface area contributed by atoms with E-state index in [-0.39, 0.29) is 12.4 Å². The lowest BCUT2D eigenvalue weighted by atomic mass is 10.2. The largest absolute Gasteiger partial charge is 0.390 e. The van der Waals surface area contributed by atoms with Crippen molar-refractivity contribution in [2.24, 2.45) is 0 Å². The first-order valence-corrected chi connectivity index (χ1v) is 6.49. The lowest BCUT2D eigenvalue weighted by Gasteiger charge is -2.11. The summed E-state index contributed by atoms with van der Waals surface area (Å²) in [6, 6.07) is 4.59. The SMILES string of the molecule is OC(CCl)CNc1ccc(-n2cc(Cl)cn2)c(F)c1. The highest BCUT2D eigenvalue weighted by Gasteiger charge is 2.08. The van der Waals surface area contributed by atoms with Gasteiger partial charge in [-0.05, 0) is 18.2 Å². The number of hydrogen-bond donors (Lipinski definition) is 2. The highest BCUT2D eigenvalue weighted by molar-refractivity contribution is 6.30. The molecule has 102 valence electrons. The summed E-state index contributed by atoms with van der Waals surface area (Å²) >= 11 is 11.2. The Morgan fingerprint density at radius 3 is 2.84 bits per heavy atom. The molecule has 2 aromatic rings. The summed E-state index contributed by atoms with van der Waals surface area (Å²) in [5.41, 5.74) is 0.860. The minimum absolute atomic E-state index is 0.124. The van der Waals surface area contributed by atoms with Gasteiger partial charge in [0.25, 0.3) is 0 Å². The van der Waals surface area contributed by atoms with Crippen LogP contribution in [0.4, 0.5) is 10.1 Å². The number of anilines is 1. The lowest BCUT2D eigenvalue weighted by Crippen LogP contribution is -2.20. The van der Waals surface area contributed by atoms with Crippen molar-refractivity contribution in [3.8, 4) is 5.69 Å². The van der Waals surface area contributed by atoms with E-state index in [0.717, 1.165) is 0 Å². The topological polar surface area (TPSA) is 50.1 Å². The Bertz CT molecular complexity index is 562. The number of nitrogens with one attached hydrogen (secondary N) is 1. The Morgan fingerprint density at radius 1 is 1.47 bits per heavy atom. The molecule has 0 saturated heterocycles. The number of rotatable bonds is 5. The predicted octanol–water partition coefficient (Wildman–Crippen LogP) is 2.68. The van der Waals surface area contributed by atoms with E-state index in [1.54, 1.807) is 12.1 Å². The van der Waals surface area contributed by atoms with Gasteiger partial charge in [0.1, 0.15) is 5.69 Å². The number of aromatic nitrogens is 2. The Kier molecular flexibility index (Phi) is 4.63. The van der Waals surface area contributed by atoms with E-state index in [1.165, 1.54) is 23.1 Å². The van der Waals surface area contributed by atoms with E-state index in [9.17, 15) is 9.50 Å². The molecule has 0 fully saturated rings. The molecule has 1 aromatic carbocycles. The van der Waals surface area contributed by atoms with Crippen LogP contribution in [0.3, 0.4) is 0 Å². The Morgan fingerprint density at radius 2 is 2.26 bits per heavy atom. The first kappa shape index (κ1) is 14.1. The second-order valence-corrected chi connectivity index (χ2v) is 4.70. The van der Waals surface area contributed by atoms with E-state index in [4.69, 9.17) is 23.2 Å². The molecular formula is C12H12Cl2FN3O. The zero-order valence-electron chi connectivity index (χ0n) is 9.85. The van der Waals surface area contributed by atoms with Gasteiger partial charge in [-0.1, -0.05) is 11.6 Å². The van der Waals surface area contributed by atoms with Crippen molar-refractivity contribution in [2.45, 2.75) is 6.10 Å². The van der Waals surface area contributed by atoms with E-state index in [2.05, 4.69) is 10.4 Å². The lowest BCUT2D eigenvalue weighted by molar-refractivity contribution is 0.211. The Hall–Kier alpha value is -1.30. The maximum atomic E-state index is 13.9. The van der Waals surface area contributed by atoms with Crippen LogP contribution in [-0.4, -0.2) is 33.4 Å². The molecule has 19 heavy (non-hydrogen) atoms. The number of aliphatic hydroxyl groups is 1. The number of halogens is 3. The van der Waals surface area contributed by atoms with Crippen molar-refractivity contribution >= 4 is 28.9 Å². The molecule has 0 aliphatic heterocycles. The fourth-order valence-electron chi connectivity index (χ4n) is 1.53. The van der Waals surface area contributed by atoms with Crippen molar-refractivity contribution in [3.05, 3.63) is 41.4 Å². The molecule has 0 radical (unpaired) electrons. The van der Waals surface area contributed by atoms with Crippen molar-refractivity contribution in [3.63, 3.8) is 0 Å². The molecule has 7 heteroatoms. The molecule has 0 aliphatic carbocycles. The van der Waals surface area contributed by atoms with Crippen LogP contribution in [0.5, 0.6) is 0 Å². The number of hydrogen-bond acceptors (Lipinski definition) is 3. The van der Waals surface area contributed by atoms with E-state index in [1.807, 2.05) is 0 Å². The van der Waals surface area contributed by atoms with Crippen LogP contribution in [-0.2, 0) is 0 Å². The molecule has 1 atom stereocenters. The molecule has 1 aromatic heterocycles. The molecule has 1 heterocycles.